The van der Waals surface area contributed by atoms with E-state index in [0.717, 1.165) is 6.92 Å². The molecule has 10 N–H and O–H groups in total. The predicted molar refractivity (Wildman–Crippen MR) is 119 cm³/mol. The van der Waals surface area contributed by atoms with Crippen LogP contribution < -0.4 is 27.4 Å². The van der Waals surface area contributed by atoms with Crippen molar-refractivity contribution in [2.75, 3.05) is 0 Å². The summed E-state index contributed by atoms with van der Waals surface area (Å²) in [5, 5.41) is 34.6. The topological polar surface area (TPSA) is 251 Å². The molecule has 1 aromatic rings. The van der Waals surface area contributed by atoms with E-state index in [1.54, 1.807) is 30.3 Å². The Bertz CT molecular complexity index is 938. The number of carbonyl (C=O) groups is 6. The lowest BCUT2D eigenvalue weighted by Gasteiger charge is -2.26. The number of nitrogens with one attached hydrogen (secondary N) is 3. The summed E-state index contributed by atoms with van der Waals surface area (Å²) in [5.41, 5.74) is 11.2. The van der Waals surface area contributed by atoms with Gasteiger partial charge in [0.2, 0.25) is 23.6 Å². The SMILES string of the molecule is CC(O)C(NC(=O)C(N)CC(=O)O)C(=O)NC(CC(N)=O)C(=O)NC(Cc1ccccc1)C(=O)O. The molecule has 1 aromatic carbocycles. The summed E-state index contributed by atoms with van der Waals surface area (Å²) in [4.78, 5) is 71.3. The van der Waals surface area contributed by atoms with Gasteiger partial charge >= 0.3 is 11.9 Å². The summed E-state index contributed by atoms with van der Waals surface area (Å²) in [7, 11) is 0. The number of benzene rings is 1. The maximum atomic E-state index is 12.7. The van der Waals surface area contributed by atoms with Crippen molar-refractivity contribution in [1.29, 1.82) is 0 Å². The van der Waals surface area contributed by atoms with Crippen LogP contribution in [0.1, 0.15) is 25.3 Å². The molecule has 0 aliphatic rings. The third-order valence-corrected chi connectivity index (χ3v) is 4.73. The van der Waals surface area contributed by atoms with Crippen molar-refractivity contribution in [2.45, 2.75) is 56.5 Å². The number of hydrogen-bond acceptors (Lipinski definition) is 8. The first-order chi connectivity index (χ1) is 16.3. The molecule has 0 bridgehead atoms. The molecular weight excluding hydrogens is 466 g/mol. The number of primary amides is 1. The van der Waals surface area contributed by atoms with Crippen molar-refractivity contribution in [3.8, 4) is 0 Å². The van der Waals surface area contributed by atoms with E-state index in [2.05, 4.69) is 16.0 Å². The predicted octanol–water partition coefficient (Wildman–Crippen LogP) is -3.17. The zero-order valence-electron chi connectivity index (χ0n) is 18.8. The van der Waals surface area contributed by atoms with Crippen LogP contribution in [0.5, 0.6) is 0 Å². The summed E-state index contributed by atoms with van der Waals surface area (Å²) in [5.74, 6) is -6.95. The number of amides is 4. The maximum Gasteiger partial charge on any atom is 0.326 e. The zero-order valence-corrected chi connectivity index (χ0v) is 18.8. The van der Waals surface area contributed by atoms with E-state index in [4.69, 9.17) is 16.6 Å². The first-order valence-electron chi connectivity index (χ1n) is 10.4. The molecule has 35 heavy (non-hydrogen) atoms. The lowest BCUT2D eigenvalue weighted by atomic mass is 10.0. The quantitative estimate of drug-likeness (QED) is 0.128. The van der Waals surface area contributed by atoms with Gasteiger partial charge in [0.25, 0.3) is 0 Å². The highest BCUT2D eigenvalue weighted by Gasteiger charge is 2.33. The van der Waals surface area contributed by atoms with Crippen LogP contribution in [0.15, 0.2) is 30.3 Å². The van der Waals surface area contributed by atoms with Gasteiger partial charge in [-0.25, -0.2) is 4.79 Å². The summed E-state index contributed by atoms with van der Waals surface area (Å²) in [6.45, 7) is 1.14. The molecule has 5 unspecified atom stereocenters. The van der Waals surface area contributed by atoms with Gasteiger partial charge in [0, 0.05) is 6.42 Å². The van der Waals surface area contributed by atoms with Crippen LogP contribution in [0.4, 0.5) is 0 Å². The van der Waals surface area contributed by atoms with E-state index in [0.29, 0.717) is 5.56 Å². The maximum absolute atomic E-state index is 12.7. The number of nitrogens with two attached hydrogens (primary N) is 2. The first kappa shape index (κ1) is 29.0. The Morgan fingerprint density at radius 1 is 0.857 bits per heavy atom. The van der Waals surface area contributed by atoms with Crippen LogP contribution in [0.3, 0.4) is 0 Å². The number of aliphatic hydroxyl groups is 1. The minimum absolute atomic E-state index is 0.0903. The van der Waals surface area contributed by atoms with Gasteiger partial charge < -0.3 is 42.7 Å². The first-order valence-corrected chi connectivity index (χ1v) is 10.4. The molecule has 5 atom stereocenters. The molecule has 0 aromatic heterocycles. The molecule has 192 valence electrons. The fourth-order valence-electron chi connectivity index (χ4n) is 2.94. The Kier molecular flexibility index (Phi) is 11.3. The molecule has 0 radical (unpaired) electrons. The number of aliphatic carboxylic acids is 2. The highest BCUT2D eigenvalue weighted by atomic mass is 16.4. The second-order valence-electron chi connectivity index (χ2n) is 7.75. The van der Waals surface area contributed by atoms with Crippen molar-refractivity contribution in [3.63, 3.8) is 0 Å². The van der Waals surface area contributed by atoms with Crippen LogP contribution in [0, 0.1) is 0 Å². The number of carboxylic acid groups (broad SMARTS) is 2. The highest BCUT2D eigenvalue weighted by Crippen LogP contribution is 2.05. The molecule has 0 aliphatic carbocycles. The number of rotatable bonds is 14. The average Bonchev–Trinajstić information content (AvgIpc) is 2.75. The Morgan fingerprint density at radius 3 is 1.91 bits per heavy atom. The van der Waals surface area contributed by atoms with Crippen LogP contribution in [0.25, 0.3) is 0 Å². The molecule has 0 fully saturated rings. The monoisotopic (exact) mass is 495 g/mol. The van der Waals surface area contributed by atoms with E-state index >= 15 is 0 Å². The van der Waals surface area contributed by atoms with Crippen LogP contribution in [-0.4, -0.2) is 81.2 Å². The summed E-state index contributed by atoms with van der Waals surface area (Å²) < 4.78 is 0. The minimum atomic E-state index is -1.68. The van der Waals surface area contributed by atoms with Gasteiger partial charge in [-0.15, -0.1) is 0 Å². The number of hydrogen-bond donors (Lipinski definition) is 8. The number of carboxylic acids is 2. The molecule has 14 heteroatoms. The van der Waals surface area contributed by atoms with E-state index < -0.39 is 78.7 Å². The van der Waals surface area contributed by atoms with Crippen molar-refractivity contribution in [1.82, 2.24) is 16.0 Å². The van der Waals surface area contributed by atoms with Crippen LogP contribution in [-0.2, 0) is 35.2 Å². The molecule has 0 saturated carbocycles. The van der Waals surface area contributed by atoms with Crippen LogP contribution >= 0.6 is 0 Å². The van der Waals surface area contributed by atoms with Crippen molar-refractivity contribution in [3.05, 3.63) is 35.9 Å². The largest absolute Gasteiger partial charge is 0.481 e. The molecular formula is C21H29N5O9. The van der Waals surface area contributed by atoms with E-state index in [1.807, 2.05) is 0 Å². The summed E-state index contributed by atoms with van der Waals surface area (Å²) >= 11 is 0. The Balaban J connectivity index is 2.98. The van der Waals surface area contributed by atoms with E-state index in [1.165, 1.54) is 0 Å². The van der Waals surface area contributed by atoms with E-state index in [9.17, 15) is 39.0 Å². The fourth-order valence-corrected chi connectivity index (χ4v) is 2.94. The lowest BCUT2D eigenvalue weighted by Crippen LogP contribution is -2.60. The van der Waals surface area contributed by atoms with Crippen molar-refractivity contribution in [2.24, 2.45) is 11.5 Å². The van der Waals surface area contributed by atoms with Crippen molar-refractivity contribution < 1.29 is 44.1 Å². The molecule has 0 spiro atoms. The standard InChI is InChI=1S/C21H29N5O9/c1-10(27)17(26-18(31)12(22)8-16(29)30)20(33)24-13(9-15(23)28)19(32)25-14(21(34)35)7-11-5-3-2-4-6-11/h2-6,10,12-14,17,27H,7-9,22H2,1H3,(H2,23,28)(H,24,33)(H,25,32)(H,26,31)(H,29,30)(H,34,35). The average molecular weight is 495 g/mol. The van der Waals surface area contributed by atoms with Gasteiger partial charge in [0.1, 0.15) is 18.1 Å². The summed E-state index contributed by atoms with van der Waals surface area (Å²) in [6.07, 6.45) is -3.07. The second-order valence-corrected chi connectivity index (χ2v) is 7.75. The molecule has 0 aliphatic heterocycles. The molecule has 4 amide bonds. The molecule has 14 nitrogen and oxygen atoms in total. The van der Waals surface area contributed by atoms with Gasteiger partial charge in [-0.1, -0.05) is 30.3 Å². The van der Waals surface area contributed by atoms with Gasteiger partial charge in [0.05, 0.1) is 25.0 Å². The Hall–Kier alpha value is -4.04. The van der Waals surface area contributed by atoms with Gasteiger partial charge in [0.15, 0.2) is 0 Å². The third kappa shape index (κ3) is 10.2. The van der Waals surface area contributed by atoms with Gasteiger partial charge in [-0.3, -0.25) is 24.0 Å². The van der Waals surface area contributed by atoms with Gasteiger partial charge in [-0.2, -0.15) is 0 Å². The third-order valence-electron chi connectivity index (χ3n) is 4.73. The van der Waals surface area contributed by atoms with E-state index in [-0.39, 0.29) is 6.42 Å². The number of carbonyl (C=O) groups excluding carboxylic acids is 4. The smallest absolute Gasteiger partial charge is 0.326 e. The minimum Gasteiger partial charge on any atom is -0.481 e. The van der Waals surface area contributed by atoms with Crippen LogP contribution in [0.2, 0.25) is 0 Å². The Morgan fingerprint density at radius 2 is 1.43 bits per heavy atom. The highest BCUT2D eigenvalue weighted by molar-refractivity contribution is 5.96. The lowest BCUT2D eigenvalue weighted by molar-refractivity contribution is -0.142. The summed E-state index contributed by atoms with van der Waals surface area (Å²) in [6, 6.07) is 2.14. The Labute approximate surface area is 200 Å². The second kappa shape index (κ2) is 13.6. The molecule has 0 heterocycles. The normalized spacial score (nSPS) is 14.9. The fraction of sp³-hybridized carbons (Fsp3) is 0.429. The number of aliphatic hydroxyl groups excluding tert-OH is 1. The molecule has 1 rings (SSSR count). The molecule has 0 saturated heterocycles. The van der Waals surface area contributed by atoms with Crippen molar-refractivity contribution >= 4 is 35.6 Å². The zero-order chi connectivity index (χ0) is 26.7. The van der Waals surface area contributed by atoms with Gasteiger partial charge in [-0.05, 0) is 12.5 Å².